The smallest absolute Gasteiger partial charge is 0.331 e. The second-order valence-corrected chi connectivity index (χ2v) is 6.18. The summed E-state index contributed by atoms with van der Waals surface area (Å²) in [4.78, 5) is 36.0. The highest BCUT2D eigenvalue weighted by Crippen LogP contribution is 2.15. The number of ether oxygens (including phenoxy) is 1. The van der Waals surface area contributed by atoms with Crippen molar-refractivity contribution >= 4 is 35.7 Å². The van der Waals surface area contributed by atoms with Crippen LogP contribution in [0.5, 0.6) is 0 Å². The molecule has 130 valence electrons. The molecule has 0 spiro atoms. The number of nitrogens with one attached hydrogen (secondary N) is 2. The molecule has 0 aliphatic carbocycles. The van der Waals surface area contributed by atoms with E-state index >= 15 is 0 Å². The Morgan fingerprint density at radius 1 is 1.12 bits per heavy atom. The van der Waals surface area contributed by atoms with E-state index in [9.17, 15) is 14.4 Å². The van der Waals surface area contributed by atoms with Gasteiger partial charge < -0.3 is 10.1 Å². The lowest BCUT2D eigenvalue weighted by molar-refractivity contribution is -0.149. The van der Waals surface area contributed by atoms with Crippen LogP contribution in [0.4, 0.5) is 4.79 Å². The third-order valence-corrected chi connectivity index (χ3v) is 3.59. The number of hydrogen-bond donors (Lipinski definition) is 2. The maximum Gasteiger partial charge on any atom is 0.331 e. The first-order chi connectivity index (χ1) is 11.3. The van der Waals surface area contributed by atoms with Crippen LogP contribution in [0.3, 0.4) is 0 Å². The molecule has 0 aliphatic rings. The van der Waals surface area contributed by atoms with Gasteiger partial charge in [0.1, 0.15) is 0 Å². The molecule has 6 nitrogen and oxygen atoms in total. The predicted molar refractivity (Wildman–Crippen MR) is 94.6 cm³/mol. The van der Waals surface area contributed by atoms with E-state index in [1.807, 2.05) is 30.5 Å². The standard InChI is InChI=1S/C17H22N2O4S/c1-11(2)18-17(22)19-16(21)12(3)23-15(20)10-7-13-5-8-14(24-4)9-6-13/h5-12H,1-4H3,(H2,18,19,21,22)/b10-7+/t12-/m1/s1. The Morgan fingerprint density at radius 3 is 2.29 bits per heavy atom. The number of benzene rings is 1. The second-order valence-electron chi connectivity index (χ2n) is 5.30. The summed E-state index contributed by atoms with van der Waals surface area (Å²) in [5.74, 6) is -1.34. The van der Waals surface area contributed by atoms with E-state index < -0.39 is 24.0 Å². The molecule has 7 heteroatoms. The van der Waals surface area contributed by atoms with Gasteiger partial charge in [-0.3, -0.25) is 10.1 Å². The van der Waals surface area contributed by atoms with Crippen molar-refractivity contribution in [2.75, 3.05) is 6.26 Å². The average molecular weight is 350 g/mol. The molecule has 0 saturated carbocycles. The Balaban J connectivity index is 2.49. The fourth-order valence-corrected chi connectivity index (χ4v) is 2.07. The van der Waals surface area contributed by atoms with Crippen molar-refractivity contribution in [1.29, 1.82) is 0 Å². The molecule has 0 unspecified atom stereocenters. The topological polar surface area (TPSA) is 84.5 Å². The molecule has 1 rings (SSSR count). The lowest BCUT2D eigenvalue weighted by Gasteiger charge is -2.13. The molecule has 0 fully saturated rings. The zero-order valence-electron chi connectivity index (χ0n) is 14.2. The lowest BCUT2D eigenvalue weighted by Crippen LogP contribution is -2.46. The molecule has 2 N–H and O–H groups in total. The minimum Gasteiger partial charge on any atom is -0.449 e. The molecule has 3 amide bonds. The van der Waals surface area contributed by atoms with Crippen LogP contribution < -0.4 is 10.6 Å². The summed E-state index contributed by atoms with van der Waals surface area (Å²) in [5, 5.41) is 4.62. The average Bonchev–Trinajstić information content (AvgIpc) is 2.52. The van der Waals surface area contributed by atoms with Crippen LogP contribution in [0.1, 0.15) is 26.3 Å². The normalized spacial score (nSPS) is 12.0. The van der Waals surface area contributed by atoms with Crippen LogP contribution >= 0.6 is 11.8 Å². The number of carbonyl (C=O) groups excluding carboxylic acids is 3. The number of hydrogen-bond acceptors (Lipinski definition) is 5. The van der Waals surface area contributed by atoms with E-state index in [0.29, 0.717) is 0 Å². The Labute approximate surface area is 146 Å². The monoisotopic (exact) mass is 350 g/mol. The van der Waals surface area contributed by atoms with Crippen molar-refractivity contribution in [3.8, 4) is 0 Å². The number of amides is 3. The third-order valence-electron chi connectivity index (χ3n) is 2.85. The van der Waals surface area contributed by atoms with E-state index in [4.69, 9.17) is 4.74 Å². The van der Waals surface area contributed by atoms with Gasteiger partial charge in [0.25, 0.3) is 5.91 Å². The predicted octanol–water partition coefficient (Wildman–Crippen LogP) is 2.59. The van der Waals surface area contributed by atoms with Gasteiger partial charge in [0, 0.05) is 17.0 Å². The van der Waals surface area contributed by atoms with Gasteiger partial charge in [0.2, 0.25) is 0 Å². The summed E-state index contributed by atoms with van der Waals surface area (Å²) in [6.07, 6.45) is 3.75. The Morgan fingerprint density at radius 2 is 1.75 bits per heavy atom. The van der Waals surface area contributed by atoms with E-state index in [2.05, 4.69) is 10.6 Å². The molecule has 1 aromatic carbocycles. The van der Waals surface area contributed by atoms with Gasteiger partial charge in [-0.2, -0.15) is 0 Å². The van der Waals surface area contributed by atoms with E-state index in [1.54, 1.807) is 31.7 Å². The number of urea groups is 1. The summed E-state index contributed by atoms with van der Waals surface area (Å²) in [6.45, 7) is 4.94. The Kier molecular flexibility index (Phi) is 8.05. The zero-order chi connectivity index (χ0) is 18.1. The summed E-state index contributed by atoms with van der Waals surface area (Å²) in [5.41, 5.74) is 0.846. The van der Waals surface area contributed by atoms with Crippen molar-refractivity contribution in [3.63, 3.8) is 0 Å². The third kappa shape index (κ3) is 7.32. The summed E-state index contributed by atoms with van der Waals surface area (Å²) in [6, 6.07) is 6.92. The molecule has 0 aliphatic heterocycles. The maximum atomic E-state index is 11.7. The first-order valence-corrected chi connectivity index (χ1v) is 8.68. The summed E-state index contributed by atoms with van der Waals surface area (Å²) < 4.78 is 4.96. The van der Waals surface area contributed by atoms with Crippen molar-refractivity contribution in [2.24, 2.45) is 0 Å². The molecule has 1 atom stereocenters. The van der Waals surface area contributed by atoms with Gasteiger partial charge in [-0.25, -0.2) is 9.59 Å². The molecule has 0 heterocycles. The van der Waals surface area contributed by atoms with E-state index in [-0.39, 0.29) is 6.04 Å². The second kappa shape index (κ2) is 9.77. The largest absolute Gasteiger partial charge is 0.449 e. The molecule has 0 aromatic heterocycles. The molecule has 0 saturated heterocycles. The minimum atomic E-state index is -1.07. The molecule has 24 heavy (non-hydrogen) atoms. The zero-order valence-corrected chi connectivity index (χ0v) is 15.0. The van der Waals surface area contributed by atoms with Crippen molar-refractivity contribution in [1.82, 2.24) is 10.6 Å². The Bertz CT molecular complexity index is 612. The number of imide groups is 1. The van der Waals surface area contributed by atoms with E-state index in [0.717, 1.165) is 10.5 Å². The molecule has 0 bridgehead atoms. The molecule has 0 radical (unpaired) electrons. The van der Waals surface area contributed by atoms with Gasteiger partial charge in [-0.05, 0) is 50.8 Å². The summed E-state index contributed by atoms with van der Waals surface area (Å²) in [7, 11) is 0. The fraction of sp³-hybridized carbons (Fsp3) is 0.353. The lowest BCUT2D eigenvalue weighted by atomic mass is 10.2. The highest BCUT2D eigenvalue weighted by molar-refractivity contribution is 7.98. The highest BCUT2D eigenvalue weighted by atomic mass is 32.2. The molecule has 1 aromatic rings. The van der Waals surface area contributed by atoms with Crippen LogP contribution in [-0.4, -0.2) is 36.3 Å². The maximum absolute atomic E-state index is 11.7. The van der Waals surface area contributed by atoms with Crippen LogP contribution in [-0.2, 0) is 14.3 Å². The van der Waals surface area contributed by atoms with Crippen LogP contribution in [0.15, 0.2) is 35.2 Å². The van der Waals surface area contributed by atoms with Crippen LogP contribution in [0.2, 0.25) is 0 Å². The Hall–Kier alpha value is -2.28. The first-order valence-electron chi connectivity index (χ1n) is 7.46. The van der Waals surface area contributed by atoms with Crippen molar-refractivity contribution in [2.45, 2.75) is 37.8 Å². The van der Waals surface area contributed by atoms with Gasteiger partial charge in [-0.15, -0.1) is 11.8 Å². The van der Waals surface area contributed by atoms with Crippen molar-refractivity contribution < 1.29 is 19.1 Å². The highest BCUT2D eigenvalue weighted by Gasteiger charge is 2.19. The van der Waals surface area contributed by atoms with Gasteiger partial charge in [0.15, 0.2) is 6.10 Å². The first kappa shape index (κ1) is 19.8. The number of thioether (sulfide) groups is 1. The number of esters is 1. The van der Waals surface area contributed by atoms with Crippen LogP contribution in [0, 0.1) is 0 Å². The molecular formula is C17H22N2O4S. The minimum absolute atomic E-state index is 0.101. The van der Waals surface area contributed by atoms with Crippen LogP contribution in [0.25, 0.3) is 6.08 Å². The molecular weight excluding hydrogens is 328 g/mol. The quantitative estimate of drug-likeness (QED) is 0.468. The summed E-state index contributed by atoms with van der Waals surface area (Å²) >= 11 is 1.63. The van der Waals surface area contributed by atoms with Gasteiger partial charge in [0.05, 0.1) is 0 Å². The fourth-order valence-electron chi connectivity index (χ4n) is 1.66. The van der Waals surface area contributed by atoms with E-state index in [1.165, 1.54) is 13.0 Å². The van der Waals surface area contributed by atoms with Crippen molar-refractivity contribution in [3.05, 3.63) is 35.9 Å². The van der Waals surface area contributed by atoms with Gasteiger partial charge in [-0.1, -0.05) is 12.1 Å². The number of rotatable bonds is 6. The number of carbonyl (C=O) groups is 3. The SMILES string of the molecule is CSc1ccc(/C=C/C(=O)O[C@H](C)C(=O)NC(=O)NC(C)C)cc1. The van der Waals surface area contributed by atoms with Gasteiger partial charge >= 0.3 is 12.0 Å².